The van der Waals surface area contributed by atoms with Gasteiger partial charge in [-0.15, -0.1) is 5.10 Å². The van der Waals surface area contributed by atoms with E-state index in [1.54, 1.807) is 24.3 Å². The van der Waals surface area contributed by atoms with E-state index in [9.17, 15) is 4.79 Å². The summed E-state index contributed by atoms with van der Waals surface area (Å²) in [4.78, 5) is 12.1. The minimum atomic E-state index is -0.222. The Morgan fingerprint density at radius 1 is 1.28 bits per heavy atom. The Morgan fingerprint density at radius 3 is 2.88 bits per heavy atom. The van der Waals surface area contributed by atoms with Gasteiger partial charge in [0.15, 0.2) is 6.61 Å². The van der Waals surface area contributed by atoms with Crippen molar-refractivity contribution in [3.05, 3.63) is 65.4 Å². The second-order valence-electron chi connectivity index (χ2n) is 5.38. The van der Waals surface area contributed by atoms with Crippen LogP contribution in [0.15, 0.2) is 54.9 Å². The quantitative estimate of drug-likeness (QED) is 0.733. The Hall–Kier alpha value is -2.93. The van der Waals surface area contributed by atoms with Crippen molar-refractivity contribution in [1.82, 2.24) is 25.5 Å². The van der Waals surface area contributed by atoms with Crippen LogP contribution in [0.5, 0.6) is 5.75 Å². The summed E-state index contributed by atoms with van der Waals surface area (Å²) in [6, 6.07) is 14.4. The number of hydrogen-bond donors (Lipinski definition) is 1. The van der Waals surface area contributed by atoms with Crippen molar-refractivity contribution >= 4 is 17.5 Å². The van der Waals surface area contributed by atoms with Gasteiger partial charge in [-0.1, -0.05) is 29.8 Å². The second-order valence-corrected chi connectivity index (χ2v) is 5.82. The van der Waals surface area contributed by atoms with Gasteiger partial charge in [-0.2, -0.15) is 0 Å². The molecule has 0 saturated carbocycles. The molecule has 25 heavy (non-hydrogen) atoms. The van der Waals surface area contributed by atoms with Crippen LogP contribution in [0.4, 0.5) is 0 Å². The average molecular weight is 358 g/mol. The molecular formula is C17H16ClN5O2. The molecule has 8 heteroatoms. The summed E-state index contributed by atoms with van der Waals surface area (Å²) in [5, 5.41) is 14.5. The molecule has 1 amide bonds. The summed E-state index contributed by atoms with van der Waals surface area (Å²) in [5.74, 6) is 0.332. The lowest BCUT2D eigenvalue weighted by atomic mass is 10.1. The van der Waals surface area contributed by atoms with Crippen molar-refractivity contribution in [1.29, 1.82) is 0 Å². The van der Waals surface area contributed by atoms with Crippen LogP contribution in [-0.4, -0.2) is 32.7 Å². The predicted octanol–water partition coefficient (Wildman–Crippen LogP) is 2.57. The van der Waals surface area contributed by atoms with Crippen molar-refractivity contribution in [2.75, 3.05) is 6.61 Å². The molecule has 0 spiro atoms. The summed E-state index contributed by atoms with van der Waals surface area (Å²) in [5.41, 5.74) is 1.68. The number of halogens is 1. The molecule has 0 saturated heterocycles. The molecular weight excluding hydrogens is 342 g/mol. The van der Waals surface area contributed by atoms with Gasteiger partial charge < -0.3 is 10.1 Å². The second kappa shape index (κ2) is 7.76. The molecule has 0 aliphatic heterocycles. The highest BCUT2D eigenvalue weighted by molar-refractivity contribution is 6.30. The molecule has 1 atom stereocenters. The van der Waals surface area contributed by atoms with E-state index in [4.69, 9.17) is 16.3 Å². The number of rotatable bonds is 6. The molecule has 0 fully saturated rings. The first kappa shape index (κ1) is 16.9. The summed E-state index contributed by atoms with van der Waals surface area (Å²) >= 11 is 5.97. The maximum atomic E-state index is 12.1. The molecule has 1 aromatic heterocycles. The highest BCUT2D eigenvalue weighted by Crippen LogP contribution is 2.18. The highest BCUT2D eigenvalue weighted by atomic mass is 35.5. The topological polar surface area (TPSA) is 81.9 Å². The van der Waals surface area contributed by atoms with Gasteiger partial charge in [0.2, 0.25) is 0 Å². The van der Waals surface area contributed by atoms with E-state index >= 15 is 0 Å². The van der Waals surface area contributed by atoms with Gasteiger partial charge in [-0.25, -0.2) is 4.68 Å². The maximum Gasteiger partial charge on any atom is 0.258 e. The first-order valence-electron chi connectivity index (χ1n) is 7.63. The van der Waals surface area contributed by atoms with Crippen LogP contribution in [0.1, 0.15) is 18.5 Å². The van der Waals surface area contributed by atoms with E-state index < -0.39 is 0 Å². The fourth-order valence-corrected chi connectivity index (χ4v) is 2.49. The third kappa shape index (κ3) is 4.54. The number of hydrogen-bond acceptors (Lipinski definition) is 5. The zero-order valence-corrected chi connectivity index (χ0v) is 14.2. The normalized spacial score (nSPS) is 11.8. The van der Waals surface area contributed by atoms with Crippen LogP contribution < -0.4 is 10.1 Å². The van der Waals surface area contributed by atoms with E-state index in [0.717, 1.165) is 11.3 Å². The number of amides is 1. The third-order valence-electron chi connectivity index (χ3n) is 3.53. The van der Waals surface area contributed by atoms with Crippen molar-refractivity contribution in [3.8, 4) is 11.4 Å². The Bertz CT molecular complexity index is 854. The van der Waals surface area contributed by atoms with E-state index in [1.165, 1.54) is 11.0 Å². The van der Waals surface area contributed by atoms with Crippen LogP contribution in [0.25, 0.3) is 5.69 Å². The minimum absolute atomic E-state index is 0.0933. The molecule has 3 rings (SSSR count). The Labute approximate surface area is 149 Å². The lowest BCUT2D eigenvalue weighted by molar-refractivity contribution is -0.123. The fourth-order valence-electron chi connectivity index (χ4n) is 2.29. The van der Waals surface area contributed by atoms with Crippen LogP contribution in [0.3, 0.4) is 0 Å². The number of carbonyl (C=O) groups excluding carboxylic acids is 1. The molecule has 0 aliphatic carbocycles. The fraction of sp³-hybridized carbons (Fsp3) is 0.176. The van der Waals surface area contributed by atoms with Crippen molar-refractivity contribution in [2.24, 2.45) is 0 Å². The molecule has 0 bridgehead atoms. The van der Waals surface area contributed by atoms with Gasteiger partial charge in [0, 0.05) is 11.1 Å². The number of nitrogens with zero attached hydrogens (tertiary/aromatic N) is 4. The van der Waals surface area contributed by atoms with E-state index in [0.29, 0.717) is 10.8 Å². The van der Waals surface area contributed by atoms with Crippen molar-refractivity contribution in [2.45, 2.75) is 13.0 Å². The Morgan fingerprint density at radius 2 is 2.12 bits per heavy atom. The van der Waals surface area contributed by atoms with Crippen LogP contribution in [0.2, 0.25) is 5.02 Å². The van der Waals surface area contributed by atoms with Gasteiger partial charge in [-0.3, -0.25) is 4.79 Å². The molecule has 0 unspecified atom stereocenters. The summed E-state index contributed by atoms with van der Waals surface area (Å²) in [6.07, 6.45) is 1.48. The average Bonchev–Trinajstić information content (AvgIpc) is 3.15. The number of tetrazole rings is 1. The molecule has 0 aliphatic rings. The van der Waals surface area contributed by atoms with Gasteiger partial charge in [0.05, 0.1) is 11.7 Å². The monoisotopic (exact) mass is 357 g/mol. The van der Waals surface area contributed by atoms with Crippen LogP contribution in [-0.2, 0) is 4.79 Å². The SMILES string of the molecule is C[C@@H](NC(=O)COc1cccc(-n2cnnn2)c1)c1cccc(Cl)c1. The molecule has 0 radical (unpaired) electrons. The lowest BCUT2D eigenvalue weighted by Gasteiger charge is -2.15. The van der Waals surface area contributed by atoms with Crippen molar-refractivity contribution in [3.63, 3.8) is 0 Å². The smallest absolute Gasteiger partial charge is 0.258 e. The van der Waals surface area contributed by atoms with Gasteiger partial charge in [0.1, 0.15) is 12.1 Å². The Balaban J connectivity index is 1.56. The van der Waals surface area contributed by atoms with Gasteiger partial charge in [0.25, 0.3) is 5.91 Å². The first-order valence-corrected chi connectivity index (χ1v) is 8.00. The molecule has 7 nitrogen and oxygen atoms in total. The number of aromatic nitrogens is 4. The summed E-state index contributed by atoms with van der Waals surface area (Å²) in [6.45, 7) is 1.80. The highest BCUT2D eigenvalue weighted by Gasteiger charge is 2.11. The lowest BCUT2D eigenvalue weighted by Crippen LogP contribution is -2.31. The number of carbonyl (C=O) groups is 1. The van der Waals surface area contributed by atoms with Crippen LogP contribution >= 0.6 is 11.6 Å². The summed E-state index contributed by atoms with van der Waals surface area (Å²) < 4.78 is 7.06. The minimum Gasteiger partial charge on any atom is -0.484 e. The van der Waals surface area contributed by atoms with Gasteiger partial charge >= 0.3 is 0 Å². The zero-order valence-electron chi connectivity index (χ0n) is 13.5. The first-order chi connectivity index (χ1) is 12.1. The largest absolute Gasteiger partial charge is 0.484 e. The molecule has 1 N–H and O–H groups in total. The number of ether oxygens (including phenoxy) is 1. The van der Waals surface area contributed by atoms with Gasteiger partial charge in [-0.05, 0) is 47.2 Å². The van der Waals surface area contributed by atoms with E-state index in [1.807, 2.05) is 31.2 Å². The summed E-state index contributed by atoms with van der Waals surface area (Å²) in [7, 11) is 0. The Kier molecular flexibility index (Phi) is 5.25. The molecule has 2 aromatic carbocycles. The molecule has 128 valence electrons. The van der Waals surface area contributed by atoms with Crippen molar-refractivity contribution < 1.29 is 9.53 Å². The molecule has 1 heterocycles. The molecule has 3 aromatic rings. The van der Waals surface area contributed by atoms with Crippen LogP contribution in [0, 0.1) is 0 Å². The zero-order chi connectivity index (χ0) is 17.6. The standard InChI is InChI=1S/C17H16ClN5O2/c1-12(13-4-2-5-14(18)8-13)20-17(24)10-25-16-7-3-6-15(9-16)23-11-19-21-22-23/h2-9,11-12H,10H2,1H3,(H,20,24)/t12-/m1/s1. The number of nitrogens with one attached hydrogen (secondary N) is 1. The third-order valence-corrected chi connectivity index (χ3v) is 3.76. The number of benzene rings is 2. The van der Waals surface area contributed by atoms with E-state index in [-0.39, 0.29) is 18.6 Å². The van der Waals surface area contributed by atoms with E-state index in [2.05, 4.69) is 20.8 Å². The maximum absolute atomic E-state index is 12.1. The predicted molar refractivity (Wildman–Crippen MR) is 92.7 cm³/mol.